The second-order valence-corrected chi connectivity index (χ2v) is 10.6. The van der Waals surface area contributed by atoms with Crippen LogP contribution >= 0.6 is 22.9 Å². The van der Waals surface area contributed by atoms with E-state index in [-0.39, 0.29) is 28.3 Å². The molecular weight excluding hydrogens is 539 g/mol. The lowest BCUT2D eigenvalue weighted by Crippen LogP contribution is -2.48. The van der Waals surface area contributed by atoms with Gasteiger partial charge in [-0.2, -0.15) is 18.2 Å². The summed E-state index contributed by atoms with van der Waals surface area (Å²) in [5, 5.41) is 10.0. The van der Waals surface area contributed by atoms with Crippen molar-refractivity contribution in [1.82, 2.24) is 25.3 Å². The number of nitrogens with zero attached hydrogens (tertiary/aromatic N) is 4. The first-order chi connectivity index (χ1) is 18.1. The Morgan fingerprint density at radius 2 is 1.87 bits per heavy atom. The van der Waals surface area contributed by atoms with Crippen molar-refractivity contribution in [3.05, 3.63) is 76.1 Å². The molecule has 0 saturated carbocycles. The van der Waals surface area contributed by atoms with Gasteiger partial charge >= 0.3 is 12.1 Å². The number of benzene rings is 2. The maximum Gasteiger partial charge on any atom is 0.471 e. The molecule has 2 aromatic heterocycles. The third kappa shape index (κ3) is 5.59. The Kier molecular flexibility index (Phi) is 7.26. The van der Waals surface area contributed by atoms with Crippen LogP contribution in [0.5, 0.6) is 0 Å². The second-order valence-electron chi connectivity index (χ2n) is 9.31. The average molecular weight is 562 g/mol. The zero-order valence-electron chi connectivity index (χ0n) is 20.3. The fraction of sp³-hybridized carbons (Fsp3) is 0.308. The molecule has 1 fully saturated rings. The van der Waals surface area contributed by atoms with Gasteiger partial charge in [-0.15, -0.1) is 11.3 Å². The summed E-state index contributed by atoms with van der Waals surface area (Å²) < 4.78 is 42.8. The third-order valence-corrected chi connectivity index (χ3v) is 7.87. The lowest BCUT2D eigenvalue weighted by atomic mass is 9.76. The summed E-state index contributed by atoms with van der Waals surface area (Å²) in [6, 6.07) is 13.7. The molecule has 0 aliphatic carbocycles. The van der Waals surface area contributed by atoms with E-state index in [0.29, 0.717) is 11.6 Å². The number of nitrogens with one attached hydrogen (secondary N) is 1. The number of hydrogen-bond donors (Lipinski definition) is 1. The highest BCUT2D eigenvalue weighted by atomic mass is 35.5. The molecule has 198 valence electrons. The highest BCUT2D eigenvalue weighted by molar-refractivity contribution is 7.13. The van der Waals surface area contributed by atoms with Gasteiger partial charge in [0.2, 0.25) is 5.82 Å². The molecule has 1 N–H and O–H groups in total. The molecule has 0 atom stereocenters. The van der Waals surface area contributed by atoms with Gasteiger partial charge in [0.15, 0.2) is 0 Å². The lowest BCUT2D eigenvalue weighted by Gasteiger charge is -2.39. The summed E-state index contributed by atoms with van der Waals surface area (Å²) in [4.78, 5) is 23.7. The number of carbonyl (C=O) groups excluding carboxylic acids is 1. The van der Waals surface area contributed by atoms with Crippen molar-refractivity contribution in [2.24, 2.45) is 0 Å². The molecule has 0 spiro atoms. The maximum absolute atomic E-state index is 13.1. The van der Waals surface area contributed by atoms with Crippen LogP contribution in [0.3, 0.4) is 0 Å². The molecule has 12 heteroatoms. The minimum atomic E-state index is -4.74. The molecule has 0 radical (unpaired) electrons. The van der Waals surface area contributed by atoms with Crippen molar-refractivity contribution in [3.8, 4) is 22.0 Å². The number of aromatic nitrogens is 3. The normalized spacial score (nSPS) is 15.9. The molecule has 2 aromatic carbocycles. The van der Waals surface area contributed by atoms with Gasteiger partial charge in [0.25, 0.3) is 5.91 Å². The van der Waals surface area contributed by atoms with Crippen LogP contribution < -0.4 is 5.32 Å². The largest absolute Gasteiger partial charge is 0.471 e. The minimum absolute atomic E-state index is 0.240. The predicted molar refractivity (Wildman–Crippen MR) is 138 cm³/mol. The summed E-state index contributed by atoms with van der Waals surface area (Å²) >= 11 is 7.58. The number of carbonyl (C=O) groups is 1. The van der Waals surface area contributed by atoms with Gasteiger partial charge in [0.1, 0.15) is 5.01 Å². The molecule has 7 nitrogen and oxygen atoms in total. The fourth-order valence-electron chi connectivity index (χ4n) is 4.42. The van der Waals surface area contributed by atoms with Gasteiger partial charge < -0.3 is 14.7 Å². The summed E-state index contributed by atoms with van der Waals surface area (Å²) in [5.41, 5.74) is 2.09. The van der Waals surface area contributed by atoms with Crippen LogP contribution in [0.4, 0.5) is 13.2 Å². The summed E-state index contributed by atoms with van der Waals surface area (Å²) in [5.74, 6) is -2.03. The highest BCUT2D eigenvalue weighted by Gasteiger charge is 2.39. The van der Waals surface area contributed by atoms with Gasteiger partial charge in [0, 0.05) is 39.1 Å². The van der Waals surface area contributed by atoms with E-state index in [0.717, 1.165) is 42.2 Å². The molecule has 38 heavy (non-hydrogen) atoms. The first-order valence-electron chi connectivity index (χ1n) is 11.8. The smallest absolute Gasteiger partial charge is 0.351 e. The van der Waals surface area contributed by atoms with E-state index >= 15 is 0 Å². The SMILES string of the molecule is CN1CCC(CNC(=O)c2cccc(-c3noc(C(F)(F)F)n3)c2)(c2csc(-c3ccc(Cl)cc3)n2)CC1. The molecule has 0 unspecified atom stereocenters. The average Bonchev–Trinajstić information content (AvgIpc) is 3.60. The number of rotatable bonds is 6. The molecule has 1 aliphatic heterocycles. The van der Waals surface area contributed by atoms with Crippen molar-refractivity contribution < 1.29 is 22.5 Å². The van der Waals surface area contributed by atoms with Crippen LogP contribution in [0.25, 0.3) is 22.0 Å². The van der Waals surface area contributed by atoms with Crippen LogP contribution in [-0.4, -0.2) is 52.6 Å². The Morgan fingerprint density at radius 3 is 2.55 bits per heavy atom. The molecule has 3 heterocycles. The van der Waals surface area contributed by atoms with E-state index in [2.05, 4.69) is 37.3 Å². The second kappa shape index (κ2) is 10.5. The first-order valence-corrected chi connectivity index (χ1v) is 13.1. The molecule has 1 amide bonds. The van der Waals surface area contributed by atoms with E-state index in [1.54, 1.807) is 23.5 Å². The van der Waals surface area contributed by atoms with Crippen molar-refractivity contribution in [3.63, 3.8) is 0 Å². The standard InChI is InChI=1S/C26H23ClF3N5O2S/c1-35-11-9-25(10-12-35,20-14-38-23(32-20)16-5-7-19(27)8-6-16)15-31-22(36)18-4-2-3-17(13-18)21-33-24(37-34-21)26(28,29)30/h2-8,13-14H,9-12,15H2,1H3,(H,31,36). The topological polar surface area (TPSA) is 84.2 Å². The van der Waals surface area contributed by atoms with Gasteiger partial charge in [-0.25, -0.2) is 4.98 Å². The Bertz CT molecular complexity index is 1430. The number of hydrogen-bond acceptors (Lipinski definition) is 7. The van der Waals surface area contributed by atoms with Crippen LogP contribution in [0.15, 0.2) is 58.4 Å². The molecular formula is C26H23ClF3N5O2S. The Balaban J connectivity index is 1.35. The van der Waals surface area contributed by atoms with E-state index in [9.17, 15) is 18.0 Å². The summed E-state index contributed by atoms with van der Waals surface area (Å²) in [7, 11) is 2.07. The Labute approximate surface area is 225 Å². The summed E-state index contributed by atoms with van der Waals surface area (Å²) in [6.45, 7) is 2.09. The Morgan fingerprint density at radius 1 is 1.13 bits per heavy atom. The molecule has 5 rings (SSSR count). The maximum atomic E-state index is 13.1. The van der Waals surface area contributed by atoms with Crippen LogP contribution in [-0.2, 0) is 11.6 Å². The van der Waals surface area contributed by atoms with Crippen LogP contribution in [0.2, 0.25) is 5.02 Å². The number of piperidine rings is 1. The van der Waals surface area contributed by atoms with Crippen LogP contribution in [0.1, 0.15) is 34.8 Å². The minimum Gasteiger partial charge on any atom is -0.351 e. The third-order valence-electron chi connectivity index (χ3n) is 6.72. The van der Waals surface area contributed by atoms with Gasteiger partial charge in [-0.3, -0.25) is 4.79 Å². The first kappa shape index (κ1) is 26.3. The quantitative estimate of drug-likeness (QED) is 0.314. The zero-order valence-corrected chi connectivity index (χ0v) is 21.8. The van der Waals surface area contributed by atoms with E-state index in [1.165, 1.54) is 12.1 Å². The van der Waals surface area contributed by atoms with Crippen molar-refractivity contribution in [2.45, 2.75) is 24.4 Å². The number of thiazole rings is 1. The predicted octanol–water partition coefficient (Wildman–Crippen LogP) is 5.93. The van der Waals surface area contributed by atoms with Crippen molar-refractivity contribution >= 4 is 28.8 Å². The molecule has 1 saturated heterocycles. The lowest BCUT2D eigenvalue weighted by molar-refractivity contribution is -0.159. The van der Waals surface area contributed by atoms with Gasteiger partial charge in [-0.1, -0.05) is 41.0 Å². The van der Waals surface area contributed by atoms with Gasteiger partial charge in [-0.05, 0) is 57.2 Å². The van der Waals surface area contributed by atoms with E-state index in [1.807, 2.05) is 24.3 Å². The number of likely N-dealkylation sites (tertiary alicyclic amines) is 1. The van der Waals surface area contributed by atoms with Gasteiger partial charge in [0.05, 0.1) is 5.69 Å². The number of alkyl halides is 3. The van der Waals surface area contributed by atoms with Crippen LogP contribution in [0, 0.1) is 0 Å². The molecule has 4 aromatic rings. The molecule has 1 aliphatic rings. The molecule has 0 bridgehead atoms. The van der Waals surface area contributed by atoms with Crippen molar-refractivity contribution in [1.29, 1.82) is 0 Å². The number of amides is 1. The Hall–Kier alpha value is -3.28. The fourth-order valence-corrected chi connectivity index (χ4v) is 5.49. The van der Waals surface area contributed by atoms with E-state index < -0.39 is 12.1 Å². The monoisotopic (exact) mass is 561 g/mol. The highest BCUT2D eigenvalue weighted by Crippen LogP contribution is 2.38. The summed E-state index contributed by atoms with van der Waals surface area (Å²) in [6.07, 6.45) is -3.11. The number of halogens is 4. The zero-order chi connectivity index (χ0) is 26.9. The van der Waals surface area contributed by atoms with E-state index in [4.69, 9.17) is 16.6 Å². The van der Waals surface area contributed by atoms with Crippen molar-refractivity contribution in [2.75, 3.05) is 26.7 Å².